The van der Waals surface area contributed by atoms with Crippen LogP contribution < -0.4 is 30.0 Å². The van der Waals surface area contributed by atoms with E-state index < -0.39 is 81.4 Å². The zero-order valence-corrected chi connectivity index (χ0v) is 29.1. The van der Waals surface area contributed by atoms with Crippen LogP contribution in [0.4, 0.5) is 5.69 Å². The van der Waals surface area contributed by atoms with Gasteiger partial charge in [0.15, 0.2) is 11.5 Å². The van der Waals surface area contributed by atoms with Gasteiger partial charge < -0.3 is 34.4 Å². The van der Waals surface area contributed by atoms with Gasteiger partial charge in [-0.05, 0) is 30.8 Å². The second kappa shape index (κ2) is 14.5. The average molecular weight is 785 g/mol. The van der Waals surface area contributed by atoms with Gasteiger partial charge in [-0.2, -0.15) is 8.42 Å². The molecule has 5 rings (SSSR count). The second-order valence-corrected chi connectivity index (χ2v) is 14.4. The van der Waals surface area contributed by atoms with Crippen molar-refractivity contribution in [1.29, 1.82) is 0 Å². The summed E-state index contributed by atoms with van der Waals surface area (Å²) in [6.45, 7) is -2.83. The topological polar surface area (TPSA) is 262 Å². The summed E-state index contributed by atoms with van der Waals surface area (Å²) in [6.07, 6.45) is 1.16. The number of thiocarbonyl (C=S) groups is 1. The maximum Gasteiger partial charge on any atom is 0.323 e. The number of para-hydroxylation sites is 2. The monoisotopic (exact) mass is 784 g/mol. The first kappa shape index (κ1) is 36.9. The molecule has 1 aromatic carbocycles. The third-order valence-corrected chi connectivity index (χ3v) is 10.5. The molecule has 0 bridgehead atoms. The van der Waals surface area contributed by atoms with E-state index in [1.54, 1.807) is 29.2 Å². The van der Waals surface area contributed by atoms with E-state index in [0.717, 1.165) is 4.57 Å². The number of aliphatic carboxylic acids is 3. The number of aromatic nitrogens is 2. The summed E-state index contributed by atoms with van der Waals surface area (Å²) in [5.41, 5.74) is -1.44. The highest BCUT2D eigenvalue weighted by molar-refractivity contribution is 7.85. The van der Waals surface area contributed by atoms with Gasteiger partial charge in [-0.1, -0.05) is 12.1 Å². The Balaban J connectivity index is 1.78. The molecule has 0 saturated carbocycles. The van der Waals surface area contributed by atoms with E-state index in [4.69, 9.17) is 31.5 Å². The van der Waals surface area contributed by atoms with Crippen LogP contribution in [-0.4, -0.2) is 97.3 Å². The summed E-state index contributed by atoms with van der Waals surface area (Å²) < 4.78 is 49.0. The van der Waals surface area contributed by atoms with E-state index in [0.29, 0.717) is 43.6 Å². The fraction of sp³-hybridized carbons (Fsp3) is 0.250. The van der Waals surface area contributed by atoms with Crippen LogP contribution in [0.3, 0.4) is 0 Å². The average Bonchev–Trinajstić information content (AvgIpc) is 3.73. The Morgan fingerprint density at radius 2 is 1.53 bits per heavy atom. The van der Waals surface area contributed by atoms with Crippen molar-refractivity contribution in [1.82, 2.24) is 14.0 Å². The number of rotatable bonds is 12. The normalized spacial score (nSPS) is 17.3. The molecule has 1 saturated heterocycles. The minimum absolute atomic E-state index is 0.0137. The Labute approximate surface area is 297 Å². The van der Waals surface area contributed by atoms with Gasteiger partial charge >= 0.3 is 23.8 Å². The number of anilines is 1. The molecule has 19 nitrogen and oxygen atoms in total. The van der Waals surface area contributed by atoms with Crippen LogP contribution in [0.2, 0.25) is 0 Å². The molecular weight excluding hydrogens is 761 g/mol. The van der Waals surface area contributed by atoms with Crippen LogP contribution in [0.5, 0.6) is 5.75 Å². The van der Waals surface area contributed by atoms with Crippen molar-refractivity contribution in [2.45, 2.75) is 19.5 Å². The van der Waals surface area contributed by atoms with Crippen LogP contribution in [0.1, 0.15) is 6.42 Å². The summed E-state index contributed by atoms with van der Waals surface area (Å²) in [4.78, 5) is 77.5. The number of allylic oxidation sites excluding steroid dienone is 1. The van der Waals surface area contributed by atoms with Gasteiger partial charge in [0.25, 0.3) is 26.4 Å². The minimum Gasteiger partial charge on any atom is -0.491 e. The van der Waals surface area contributed by atoms with E-state index in [-0.39, 0.29) is 43.0 Å². The molecular formula is C28H24N4O15S4. The number of fused-ring (bicyclic) bond motifs is 1. The third-order valence-electron chi connectivity index (χ3n) is 6.99. The lowest BCUT2D eigenvalue weighted by Gasteiger charge is -2.19. The van der Waals surface area contributed by atoms with Crippen molar-refractivity contribution < 1.29 is 61.7 Å². The maximum absolute atomic E-state index is 13.7. The summed E-state index contributed by atoms with van der Waals surface area (Å²) in [7, 11) is -3.05. The van der Waals surface area contributed by atoms with Crippen molar-refractivity contribution in [3.05, 3.63) is 75.0 Å². The standard InChI is InChI=1S/C28H24N4O15S4/c1-45-15(25-29(7-4-8-51(42,43)44)13-5-2-3-6-14(13)46-25)9-16-22(39)30(10-17(33)34)27(49-16)21-24(41)31(11-18(35)36)26(50-21)20-23(40)32(12-19(37)38)28(48)47-20/h2-3,5-6,9H,4,7-8,10-12H2,1H3,(H,33,34)(H,35,36)(H,37,38)(H,42,43,44)/b16-9?,25-15?,26-20+,27-21+. The van der Waals surface area contributed by atoms with Crippen LogP contribution in [0.15, 0.2) is 45.5 Å². The van der Waals surface area contributed by atoms with Crippen molar-refractivity contribution in [3.8, 4) is 5.75 Å². The maximum atomic E-state index is 13.7. The van der Waals surface area contributed by atoms with Gasteiger partial charge in [-0.15, -0.1) is 22.7 Å². The Morgan fingerprint density at radius 1 is 0.902 bits per heavy atom. The molecule has 270 valence electrons. The lowest BCUT2D eigenvalue weighted by atomic mass is 10.2. The number of hydrogen-bond donors (Lipinski definition) is 4. The number of nitrogens with zero attached hydrogens (tertiary/aromatic N) is 4. The molecule has 0 atom stereocenters. The third kappa shape index (κ3) is 7.70. The number of carboxylic acids is 3. The molecule has 3 aromatic rings. The number of thiazole rings is 2. The lowest BCUT2D eigenvalue weighted by molar-refractivity contribution is -0.140. The second-order valence-electron chi connectivity index (χ2n) is 10.4. The quantitative estimate of drug-likeness (QED) is 0.0945. The van der Waals surface area contributed by atoms with Crippen molar-refractivity contribution in [2.75, 3.05) is 30.9 Å². The molecule has 1 amide bonds. The molecule has 0 unspecified atom stereocenters. The van der Waals surface area contributed by atoms with Gasteiger partial charge in [0.05, 0.1) is 23.1 Å². The molecule has 0 radical (unpaired) electrons. The van der Waals surface area contributed by atoms with Gasteiger partial charge in [-0.25, -0.2) is 0 Å². The fourth-order valence-corrected chi connectivity index (χ4v) is 7.98. The zero-order valence-electron chi connectivity index (χ0n) is 25.8. The molecule has 23 heteroatoms. The van der Waals surface area contributed by atoms with Gasteiger partial charge in [0.1, 0.15) is 33.5 Å². The fourth-order valence-electron chi connectivity index (χ4n) is 4.93. The van der Waals surface area contributed by atoms with Crippen LogP contribution in [-0.2, 0) is 51.9 Å². The highest BCUT2D eigenvalue weighted by Crippen LogP contribution is 2.40. The lowest BCUT2D eigenvalue weighted by Crippen LogP contribution is -2.35. The largest absolute Gasteiger partial charge is 0.491 e. The molecule has 2 aliphatic rings. The van der Waals surface area contributed by atoms with E-state index >= 15 is 0 Å². The molecule has 4 N–H and O–H groups in total. The molecule has 0 spiro atoms. The zero-order chi connectivity index (χ0) is 37.4. The van der Waals surface area contributed by atoms with Crippen molar-refractivity contribution in [2.24, 2.45) is 0 Å². The van der Waals surface area contributed by atoms with E-state index in [1.165, 1.54) is 13.2 Å². The Hall–Kier alpha value is -5.36. The van der Waals surface area contributed by atoms with Crippen LogP contribution >= 0.6 is 34.9 Å². The first-order chi connectivity index (χ1) is 24.0. The first-order valence-corrected chi connectivity index (χ1v) is 17.8. The number of benzene rings is 1. The highest BCUT2D eigenvalue weighted by atomic mass is 32.2. The Bertz CT molecular complexity index is 2490. The number of amides is 1. The van der Waals surface area contributed by atoms with E-state index in [2.05, 4.69) is 0 Å². The van der Waals surface area contributed by atoms with E-state index in [9.17, 15) is 52.0 Å². The molecule has 1 fully saturated rings. The molecule has 4 heterocycles. The summed E-state index contributed by atoms with van der Waals surface area (Å²) in [5, 5.41) is 27.8. The number of carboxylic acid groups (broad SMARTS) is 3. The van der Waals surface area contributed by atoms with Crippen molar-refractivity contribution in [3.63, 3.8) is 0 Å². The number of methoxy groups -OCH3 is 1. The predicted octanol–water partition coefficient (Wildman–Crippen LogP) is -1.30. The molecule has 0 aliphatic carbocycles. The summed E-state index contributed by atoms with van der Waals surface area (Å²) in [6, 6.07) is 6.67. The van der Waals surface area contributed by atoms with Crippen molar-refractivity contribution >= 4 is 91.5 Å². The van der Waals surface area contributed by atoms with Gasteiger partial charge in [0.2, 0.25) is 11.6 Å². The number of ether oxygens (including phenoxy) is 3. The van der Waals surface area contributed by atoms with Crippen LogP contribution in [0, 0.1) is 9.20 Å². The molecule has 51 heavy (non-hydrogen) atoms. The van der Waals surface area contributed by atoms with Gasteiger partial charge in [0, 0.05) is 12.6 Å². The number of carbonyl (C=O) groups is 4. The number of hydrogen-bond acceptors (Lipinski definition) is 15. The Morgan fingerprint density at radius 3 is 2.14 bits per heavy atom. The smallest absolute Gasteiger partial charge is 0.323 e. The van der Waals surface area contributed by atoms with Gasteiger partial charge in [-0.3, -0.25) is 47.4 Å². The molecule has 2 aliphatic heterocycles. The molecule has 2 aromatic heterocycles. The minimum atomic E-state index is -4.29. The van der Waals surface area contributed by atoms with E-state index in [1.807, 2.05) is 0 Å². The summed E-state index contributed by atoms with van der Waals surface area (Å²) in [5.74, 6) is -6.43. The highest BCUT2D eigenvalue weighted by Gasteiger charge is 2.37. The SMILES string of the molecule is COC(C=c1s/c(=c2/s/c(=C3/OC(=S)N(CC(=O)O)C3=O)n(CC(=O)O)c2=O)n(CC(=O)O)c1=O)=C1Oc2ccccc2N1CCCS(=O)(=O)O. The predicted molar refractivity (Wildman–Crippen MR) is 180 cm³/mol. The summed E-state index contributed by atoms with van der Waals surface area (Å²) >= 11 is 6.07. The number of carbonyl (C=O) groups excluding carboxylic acids is 1. The Kier molecular flexibility index (Phi) is 10.5. The first-order valence-electron chi connectivity index (χ1n) is 14.2. The van der Waals surface area contributed by atoms with Crippen LogP contribution in [0.25, 0.3) is 11.8 Å².